The molecule has 0 radical (unpaired) electrons. The number of nitrogens with zero attached hydrogens (tertiary/aromatic N) is 4. The molecule has 0 spiro atoms. The van der Waals surface area contributed by atoms with E-state index < -0.39 is 16.2 Å². The molecule has 0 N–H and O–H groups in total. The molecule has 0 aromatic carbocycles. The standard InChI is InChI=1S/C15H18N4O3/c1-17(11-7-3-2-4-8-11)14-13(19(21)22)15(20)18-10-6-5-9-12(18)16-14/h5-6,9-11H,2-4,7-8H2,1H3. The number of hydrogen-bond acceptors (Lipinski definition) is 5. The lowest BCUT2D eigenvalue weighted by Gasteiger charge is -2.31. The minimum atomic E-state index is -0.631. The van der Waals surface area contributed by atoms with Crippen molar-refractivity contribution in [1.82, 2.24) is 9.38 Å². The van der Waals surface area contributed by atoms with E-state index in [2.05, 4.69) is 4.98 Å². The molecule has 3 rings (SSSR count). The third-order valence-electron chi connectivity index (χ3n) is 4.33. The first kappa shape index (κ1) is 14.5. The molecule has 116 valence electrons. The van der Waals surface area contributed by atoms with Crippen LogP contribution in [0.4, 0.5) is 11.5 Å². The van der Waals surface area contributed by atoms with Gasteiger partial charge in [0.25, 0.3) is 0 Å². The number of rotatable bonds is 3. The molecule has 0 aliphatic heterocycles. The maximum Gasteiger partial charge on any atom is 0.376 e. The summed E-state index contributed by atoms with van der Waals surface area (Å²) in [6.45, 7) is 0. The van der Waals surface area contributed by atoms with Crippen molar-refractivity contribution >= 4 is 17.2 Å². The Labute approximate surface area is 127 Å². The Balaban J connectivity index is 2.16. The van der Waals surface area contributed by atoms with Gasteiger partial charge < -0.3 is 4.90 Å². The fourth-order valence-corrected chi connectivity index (χ4v) is 3.12. The van der Waals surface area contributed by atoms with Crippen LogP contribution in [0.25, 0.3) is 5.65 Å². The Hall–Kier alpha value is -2.44. The van der Waals surface area contributed by atoms with Gasteiger partial charge in [-0.05, 0) is 25.0 Å². The van der Waals surface area contributed by atoms with Crippen LogP contribution in [0.3, 0.4) is 0 Å². The lowest BCUT2D eigenvalue weighted by Crippen LogP contribution is -2.36. The van der Waals surface area contributed by atoms with Gasteiger partial charge in [0.15, 0.2) is 0 Å². The Morgan fingerprint density at radius 2 is 2.05 bits per heavy atom. The molecule has 22 heavy (non-hydrogen) atoms. The first-order chi connectivity index (χ1) is 10.6. The van der Waals surface area contributed by atoms with E-state index >= 15 is 0 Å². The van der Waals surface area contributed by atoms with Crippen LogP contribution in [0.15, 0.2) is 29.2 Å². The highest BCUT2D eigenvalue weighted by Crippen LogP contribution is 2.29. The topological polar surface area (TPSA) is 80.8 Å². The average molecular weight is 302 g/mol. The van der Waals surface area contributed by atoms with Crippen LogP contribution in [0, 0.1) is 10.1 Å². The zero-order chi connectivity index (χ0) is 15.7. The van der Waals surface area contributed by atoms with Crippen molar-refractivity contribution < 1.29 is 4.92 Å². The first-order valence-corrected chi connectivity index (χ1v) is 7.48. The molecule has 1 saturated carbocycles. The minimum Gasteiger partial charge on any atom is -0.351 e. The monoisotopic (exact) mass is 302 g/mol. The SMILES string of the molecule is CN(c1nc2ccccn2c(=O)c1[N+](=O)[O-])C1CCCCC1. The second-order valence-electron chi connectivity index (χ2n) is 5.68. The zero-order valence-corrected chi connectivity index (χ0v) is 12.4. The zero-order valence-electron chi connectivity index (χ0n) is 12.4. The molecular formula is C15H18N4O3. The fourth-order valence-electron chi connectivity index (χ4n) is 3.12. The number of pyridine rings is 1. The van der Waals surface area contributed by atoms with Crippen LogP contribution in [-0.4, -0.2) is 27.4 Å². The molecule has 1 fully saturated rings. The lowest BCUT2D eigenvalue weighted by atomic mass is 9.94. The summed E-state index contributed by atoms with van der Waals surface area (Å²) in [6.07, 6.45) is 6.86. The van der Waals surface area contributed by atoms with Crippen molar-refractivity contribution in [2.45, 2.75) is 38.1 Å². The maximum absolute atomic E-state index is 12.4. The summed E-state index contributed by atoms with van der Waals surface area (Å²) in [5.41, 5.74) is -0.652. The predicted molar refractivity (Wildman–Crippen MR) is 83.4 cm³/mol. The van der Waals surface area contributed by atoms with Gasteiger partial charge in [-0.15, -0.1) is 0 Å². The van der Waals surface area contributed by atoms with E-state index in [-0.39, 0.29) is 11.9 Å². The van der Waals surface area contributed by atoms with Crippen molar-refractivity contribution in [1.29, 1.82) is 0 Å². The van der Waals surface area contributed by atoms with Crippen molar-refractivity contribution in [3.63, 3.8) is 0 Å². The Morgan fingerprint density at radius 3 is 2.73 bits per heavy atom. The highest BCUT2D eigenvalue weighted by molar-refractivity contribution is 5.61. The second kappa shape index (κ2) is 5.75. The van der Waals surface area contributed by atoms with Gasteiger partial charge in [-0.1, -0.05) is 25.3 Å². The summed E-state index contributed by atoms with van der Waals surface area (Å²) in [5.74, 6) is 0.174. The van der Waals surface area contributed by atoms with Gasteiger partial charge in [-0.2, -0.15) is 0 Å². The second-order valence-corrected chi connectivity index (χ2v) is 5.68. The predicted octanol–water partition coefficient (Wildman–Crippen LogP) is 2.37. The van der Waals surface area contributed by atoms with Gasteiger partial charge in [-0.25, -0.2) is 4.98 Å². The van der Waals surface area contributed by atoms with Crippen molar-refractivity contribution in [2.75, 3.05) is 11.9 Å². The summed E-state index contributed by atoms with van der Waals surface area (Å²) in [6, 6.07) is 5.30. The maximum atomic E-state index is 12.4. The van der Waals surface area contributed by atoms with Gasteiger partial charge in [-0.3, -0.25) is 19.3 Å². The minimum absolute atomic E-state index is 0.174. The molecule has 0 saturated heterocycles. The van der Waals surface area contributed by atoms with E-state index in [0.717, 1.165) is 25.7 Å². The number of aromatic nitrogens is 2. The van der Waals surface area contributed by atoms with E-state index in [9.17, 15) is 14.9 Å². The van der Waals surface area contributed by atoms with Gasteiger partial charge >= 0.3 is 11.2 Å². The molecule has 1 aliphatic carbocycles. The molecule has 7 nitrogen and oxygen atoms in total. The van der Waals surface area contributed by atoms with Gasteiger partial charge in [0.1, 0.15) is 5.65 Å². The van der Waals surface area contributed by atoms with E-state index in [0.29, 0.717) is 5.65 Å². The number of hydrogen-bond donors (Lipinski definition) is 0. The van der Waals surface area contributed by atoms with Crippen LogP contribution in [-0.2, 0) is 0 Å². The van der Waals surface area contributed by atoms with Crippen molar-refractivity contribution in [3.05, 3.63) is 44.9 Å². The van der Waals surface area contributed by atoms with Crippen LogP contribution >= 0.6 is 0 Å². The Bertz CT molecular complexity index is 765. The van der Waals surface area contributed by atoms with Crippen LogP contribution in [0.2, 0.25) is 0 Å². The third-order valence-corrected chi connectivity index (χ3v) is 4.33. The van der Waals surface area contributed by atoms with Crippen molar-refractivity contribution in [2.24, 2.45) is 0 Å². The summed E-state index contributed by atoms with van der Waals surface area (Å²) >= 11 is 0. The Morgan fingerprint density at radius 1 is 1.32 bits per heavy atom. The van der Waals surface area contributed by atoms with Gasteiger partial charge in [0.2, 0.25) is 5.82 Å². The molecule has 2 aromatic heterocycles. The highest BCUT2D eigenvalue weighted by atomic mass is 16.6. The molecule has 0 atom stereocenters. The summed E-state index contributed by atoms with van der Waals surface area (Å²) in [5, 5.41) is 11.4. The van der Waals surface area contributed by atoms with Crippen LogP contribution in [0.5, 0.6) is 0 Å². The number of nitro groups is 1. The van der Waals surface area contributed by atoms with Crippen LogP contribution in [0.1, 0.15) is 32.1 Å². The van der Waals surface area contributed by atoms with Gasteiger partial charge in [0, 0.05) is 19.3 Å². The average Bonchev–Trinajstić information content (AvgIpc) is 2.54. The smallest absolute Gasteiger partial charge is 0.351 e. The molecule has 7 heteroatoms. The molecule has 1 aliphatic rings. The lowest BCUT2D eigenvalue weighted by molar-refractivity contribution is -0.385. The normalized spacial score (nSPS) is 15.9. The van der Waals surface area contributed by atoms with E-state index in [4.69, 9.17) is 0 Å². The van der Waals surface area contributed by atoms with Crippen molar-refractivity contribution in [3.8, 4) is 0 Å². The first-order valence-electron chi connectivity index (χ1n) is 7.48. The third kappa shape index (κ3) is 2.43. The molecular weight excluding hydrogens is 284 g/mol. The summed E-state index contributed by atoms with van der Waals surface area (Å²) in [7, 11) is 1.80. The fraction of sp³-hybridized carbons (Fsp3) is 0.467. The van der Waals surface area contributed by atoms with E-state index in [1.54, 1.807) is 25.2 Å². The van der Waals surface area contributed by atoms with E-state index in [1.165, 1.54) is 17.0 Å². The number of anilines is 1. The largest absolute Gasteiger partial charge is 0.376 e. The summed E-state index contributed by atoms with van der Waals surface area (Å²) in [4.78, 5) is 29.4. The quantitative estimate of drug-likeness (QED) is 0.642. The molecule has 2 heterocycles. The number of fused-ring (bicyclic) bond motifs is 1. The highest BCUT2D eigenvalue weighted by Gasteiger charge is 2.29. The Kier molecular flexibility index (Phi) is 3.79. The molecule has 2 aromatic rings. The molecule has 0 unspecified atom stereocenters. The molecule has 0 bridgehead atoms. The van der Waals surface area contributed by atoms with Gasteiger partial charge in [0.05, 0.1) is 4.92 Å². The van der Waals surface area contributed by atoms with E-state index in [1.807, 2.05) is 4.90 Å². The summed E-state index contributed by atoms with van der Waals surface area (Å²) < 4.78 is 1.22. The van der Waals surface area contributed by atoms with Crippen LogP contribution < -0.4 is 10.5 Å². The molecule has 0 amide bonds.